The summed E-state index contributed by atoms with van der Waals surface area (Å²) in [7, 11) is 2.57. The molecule has 4 rings (SSSR count). The topological polar surface area (TPSA) is 84.0 Å². The van der Waals surface area contributed by atoms with Crippen LogP contribution in [0.15, 0.2) is 77.8 Å². The molecule has 3 aromatic carbocycles. The molecule has 0 saturated heterocycles. The molecule has 37 heavy (non-hydrogen) atoms. The molecule has 1 aromatic heterocycles. The minimum Gasteiger partial charge on any atom is -0.451 e. The largest absolute Gasteiger partial charge is 0.508 e. The smallest absolute Gasteiger partial charge is 0.451 e. The molecule has 0 aliphatic carbocycles. The Hall–Kier alpha value is -4.33. The Balaban J connectivity index is 1.92. The van der Waals surface area contributed by atoms with E-state index in [0.29, 0.717) is 18.6 Å². The number of methoxy groups -OCH3 is 2. The quantitative estimate of drug-likeness (QED) is 0.319. The van der Waals surface area contributed by atoms with Gasteiger partial charge in [-0.25, -0.2) is 9.59 Å². The highest BCUT2D eigenvalue weighted by atomic mass is 16.7. The molecule has 1 heterocycles. The van der Waals surface area contributed by atoms with E-state index in [1.165, 1.54) is 14.2 Å². The number of carbonyl (C=O) groups is 2. The molecule has 0 spiro atoms. The fourth-order valence-electron chi connectivity index (χ4n) is 4.32. The van der Waals surface area contributed by atoms with Gasteiger partial charge in [0.25, 0.3) is 0 Å². The van der Waals surface area contributed by atoms with Crippen LogP contribution in [0, 0.1) is 13.8 Å². The second-order valence-electron chi connectivity index (χ2n) is 8.92. The van der Waals surface area contributed by atoms with Crippen LogP contribution in [0.3, 0.4) is 0 Å². The number of carbonyl (C=O) groups excluding carboxylic acids is 2. The van der Waals surface area contributed by atoms with Gasteiger partial charge in [-0.05, 0) is 43.5 Å². The lowest BCUT2D eigenvalue weighted by atomic mass is 10.0. The van der Waals surface area contributed by atoms with Gasteiger partial charge in [0.1, 0.15) is 6.61 Å². The van der Waals surface area contributed by atoms with Crippen molar-refractivity contribution < 1.29 is 23.8 Å². The van der Waals surface area contributed by atoms with Crippen molar-refractivity contribution in [3.05, 3.63) is 101 Å². The maximum Gasteiger partial charge on any atom is 0.508 e. The third-order valence-electron chi connectivity index (χ3n) is 6.23. The number of para-hydroxylation sites is 2. The molecule has 1 atom stereocenters. The van der Waals surface area contributed by atoms with Gasteiger partial charge in [0, 0.05) is 0 Å². The first-order chi connectivity index (χ1) is 17.9. The number of rotatable bonds is 7. The highest BCUT2D eigenvalue weighted by molar-refractivity contribution is 5.77. The SMILES string of the molecule is COC(=O)N=c1n(Cc2ccc(C)cc2)c2ccccc2n1[C@H](COC(=O)OC)Cc1ccc(C)cc1. The lowest BCUT2D eigenvalue weighted by molar-refractivity contribution is 0.0610. The summed E-state index contributed by atoms with van der Waals surface area (Å²) in [5.74, 6) is 0. The van der Waals surface area contributed by atoms with E-state index < -0.39 is 12.2 Å². The summed E-state index contributed by atoms with van der Waals surface area (Å²) in [5.41, 5.74) is 6.56. The maximum atomic E-state index is 12.5. The predicted molar refractivity (Wildman–Crippen MR) is 140 cm³/mol. The van der Waals surface area contributed by atoms with Crippen LogP contribution in [-0.4, -0.2) is 42.2 Å². The highest BCUT2D eigenvalue weighted by Gasteiger charge is 2.23. The van der Waals surface area contributed by atoms with Gasteiger partial charge in [-0.15, -0.1) is 4.99 Å². The Labute approximate surface area is 215 Å². The Kier molecular flexibility index (Phi) is 8.08. The average Bonchev–Trinajstić information content (AvgIpc) is 3.21. The number of nitrogens with zero attached hydrogens (tertiary/aromatic N) is 3. The minimum atomic E-state index is -0.774. The van der Waals surface area contributed by atoms with E-state index in [9.17, 15) is 9.59 Å². The van der Waals surface area contributed by atoms with Gasteiger partial charge in [0.05, 0.1) is 37.8 Å². The van der Waals surface area contributed by atoms with E-state index in [0.717, 1.165) is 33.3 Å². The maximum absolute atomic E-state index is 12.5. The van der Waals surface area contributed by atoms with Gasteiger partial charge >= 0.3 is 12.2 Å². The van der Waals surface area contributed by atoms with Crippen LogP contribution in [-0.2, 0) is 27.2 Å². The second-order valence-corrected chi connectivity index (χ2v) is 8.92. The second kappa shape index (κ2) is 11.6. The predicted octanol–water partition coefficient (Wildman–Crippen LogP) is 5.34. The van der Waals surface area contributed by atoms with Gasteiger partial charge in [-0.3, -0.25) is 0 Å². The zero-order valence-electron chi connectivity index (χ0n) is 21.5. The monoisotopic (exact) mass is 501 g/mol. The van der Waals surface area contributed by atoms with Gasteiger partial charge < -0.3 is 23.3 Å². The Morgan fingerprint density at radius 2 is 1.41 bits per heavy atom. The molecule has 0 saturated carbocycles. The molecule has 0 N–H and O–H groups in total. The molecule has 0 aliphatic heterocycles. The van der Waals surface area contributed by atoms with E-state index >= 15 is 0 Å². The molecular weight excluding hydrogens is 470 g/mol. The van der Waals surface area contributed by atoms with E-state index in [2.05, 4.69) is 29.3 Å². The summed E-state index contributed by atoms with van der Waals surface area (Å²) in [5, 5.41) is 0. The molecule has 0 aliphatic rings. The van der Waals surface area contributed by atoms with Crippen LogP contribution >= 0.6 is 0 Å². The number of ether oxygens (including phenoxy) is 3. The van der Waals surface area contributed by atoms with E-state index in [-0.39, 0.29) is 12.6 Å². The summed E-state index contributed by atoms with van der Waals surface area (Å²) in [6, 6.07) is 23.8. The number of hydrogen-bond donors (Lipinski definition) is 0. The summed E-state index contributed by atoms with van der Waals surface area (Å²) in [6.45, 7) is 4.58. The zero-order chi connectivity index (χ0) is 26.4. The number of hydrogen-bond acceptors (Lipinski definition) is 5. The lowest BCUT2D eigenvalue weighted by Gasteiger charge is -2.20. The fraction of sp³-hybridized carbons (Fsp3) is 0.276. The third kappa shape index (κ3) is 6.09. The zero-order valence-corrected chi connectivity index (χ0v) is 21.5. The van der Waals surface area contributed by atoms with E-state index in [1.807, 2.05) is 71.5 Å². The molecule has 8 heteroatoms. The molecule has 0 radical (unpaired) electrons. The molecular formula is C29H31N3O5. The van der Waals surface area contributed by atoms with Crippen molar-refractivity contribution in [3.63, 3.8) is 0 Å². The van der Waals surface area contributed by atoms with Crippen molar-refractivity contribution in [1.82, 2.24) is 9.13 Å². The summed E-state index contributed by atoms with van der Waals surface area (Å²) >= 11 is 0. The van der Waals surface area contributed by atoms with E-state index in [4.69, 9.17) is 14.2 Å². The van der Waals surface area contributed by atoms with Crippen molar-refractivity contribution >= 4 is 23.3 Å². The van der Waals surface area contributed by atoms with Crippen LogP contribution < -0.4 is 5.62 Å². The van der Waals surface area contributed by atoms with Crippen LogP contribution in [0.4, 0.5) is 9.59 Å². The fourth-order valence-corrected chi connectivity index (χ4v) is 4.32. The standard InChI is InChI=1S/C29H31N3O5/c1-20-9-13-22(14-10-20)17-24(19-37-29(34)36-4)32-26-8-6-5-7-25(26)31(27(32)30-28(33)35-3)18-23-15-11-21(2)12-16-23/h5-16,24H,17-19H2,1-4H3/t24-/m0/s1. The molecule has 4 aromatic rings. The van der Waals surface area contributed by atoms with Crippen molar-refractivity contribution in [2.24, 2.45) is 4.99 Å². The van der Waals surface area contributed by atoms with Crippen LogP contribution in [0.25, 0.3) is 11.0 Å². The molecule has 0 fully saturated rings. The normalized spacial score (nSPS) is 12.4. The minimum absolute atomic E-state index is 0.0213. The Morgan fingerprint density at radius 3 is 2.00 bits per heavy atom. The summed E-state index contributed by atoms with van der Waals surface area (Å²) in [6.07, 6.45) is -0.960. The highest BCUT2D eigenvalue weighted by Crippen LogP contribution is 2.23. The summed E-state index contributed by atoms with van der Waals surface area (Å²) < 4.78 is 19.0. The number of amides is 1. The van der Waals surface area contributed by atoms with Crippen molar-refractivity contribution in [2.45, 2.75) is 32.9 Å². The van der Waals surface area contributed by atoms with Crippen molar-refractivity contribution in [1.29, 1.82) is 0 Å². The first-order valence-electron chi connectivity index (χ1n) is 12.0. The number of fused-ring (bicyclic) bond motifs is 1. The van der Waals surface area contributed by atoms with Crippen molar-refractivity contribution in [2.75, 3.05) is 20.8 Å². The van der Waals surface area contributed by atoms with Gasteiger partial charge in [-0.2, -0.15) is 0 Å². The first kappa shape index (κ1) is 25.8. The number of imidazole rings is 1. The summed E-state index contributed by atoms with van der Waals surface area (Å²) in [4.78, 5) is 28.7. The molecule has 8 nitrogen and oxygen atoms in total. The molecule has 192 valence electrons. The van der Waals surface area contributed by atoms with Gasteiger partial charge in [-0.1, -0.05) is 71.8 Å². The lowest BCUT2D eigenvalue weighted by Crippen LogP contribution is -2.34. The molecule has 0 bridgehead atoms. The Bertz CT molecular complexity index is 1450. The number of aryl methyl sites for hydroxylation is 2. The van der Waals surface area contributed by atoms with Gasteiger partial charge in [0.2, 0.25) is 5.62 Å². The van der Waals surface area contributed by atoms with Crippen LogP contribution in [0.5, 0.6) is 0 Å². The average molecular weight is 502 g/mol. The Morgan fingerprint density at radius 1 is 0.811 bits per heavy atom. The number of benzene rings is 3. The van der Waals surface area contributed by atoms with Crippen LogP contribution in [0.1, 0.15) is 28.3 Å². The van der Waals surface area contributed by atoms with Gasteiger partial charge in [0.15, 0.2) is 0 Å². The molecule has 1 amide bonds. The molecule has 0 unspecified atom stereocenters. The van der Waals surface area contributed by atoms with E-state index in [1.54, 1.807) is 0 Å². The van der Waals surface area contributed by atoms with Crippen molar-refractivity contribution in [3.8, 4) is 0 Å². The van der Waals surface area contributed by atoms with Crippen LogP contribution in [0.2, 0.25) is 0 Å². The third-order valence-corrected chi connectivity index (χ3v) is 6.23. The first-order valence-corrected chi connectivity index (χ1v) is 12.0. The number of aromatic nitrogens is 2.